The zero-order chi connectivity index (χ0) is 21.0. The van der Waals surface area contributed by atoms with Gasteiger partial charge < -0.3 is 10.6 Å². The van der Waals surface area contributed by atoms with Crippen molar-refractivity contribution >= 4 is 27.5 Å². The number of hydrogen-bond donors (Lipinski definition) is 2. The largest absolute Gasteiger partial charge is 0.370 e. The molecule has 1 saturated heterocycles. The zero-order valence-electron chi connectivity index (χ0n) is 16.8. The Morgan fingerprint density at radius 3 is 2.53 bits per heavy atom. The summed E-state index contributed by atoms with van der Waals surface area (Å²) < 4.78 is 27.0. The number of nitrogens with zero attached hydrogens (tertiary/aromatic N) is 2. The van der Waals surface area contributed by atoms with Crippen molar-refractivity contribution in [3.63, 3.8) is 0 Å². The van der Waals surface area contributed by atoms with Crippen LogP contribution in [0.1, 0.15) is 24.8 Å². The van der Waals surface area contributed by atoms with Gasteiger partial charge in [-0.25, -0.2) is 8.42 Å². The van der Waals surface area contributed by atoms with Gasteiger partial charge in [0.15, 0.2) is 0 Å². The number of rotatable bonds is 5. The first-order valence-corrected chi connectivity index (χ1v) is 11.7. The molecule has 7 nitrogen and oxygen atoms in total. The van der Waals surface area contributed by atoms with Gasteiger partial charge in [0.1, 0.15) is 5.84 Å². The van der Waals surface area contributed by atoms with Crippen molar-refractivity contribution < 1.29 is 13.2 Å². The second kappa shape index (κ2) is 8.97. The van der Waals surface area contributed by atoms with Crippen molar-refractivity contribution in [1.29, 1.82) is 0 Å². The van der Waals surface area contributed by atoms with Crippen LogP contribution in [0.15, 0.2) is 64.5 Å². The van der Waals surface area contributed by atoms with E-state index >= 15 is 0 Å². The number of carbonyl (C=O) groups is 1. The Bertz CT molecular complexity index is 1030. The molecule has 0 bridgehead atoms. The Kier molecular flexibility index (Phi) is 6.15. The summed E-state index contributed by atoms with van der Waals surface area (Å²) in [6.45, 7) is 2.40. The van der Waals surface area contributed by atoms with Crippen molar-refractivity contribution in [2.24, 2.45) is 10.9 Å². The highest BCUT2D eigenvalue weighted by Gasteiger charge is 2.32. The summed E-state index contributed by atoms with van der Waals surface area (Å²) in [5.74, 6) is 0.584. The van der Waals surface area contributed by atoms with Gasteiger partial charge >= 0.3 is 0 Å². The maximum absolute atomic E-state index is 12.8. The predicted octanol–water partition coefficient (Wildman–Crippen LogP) is 2.47. The summed E-state index contributed by atoms with van der Waals surface area (Å²) in [5, 5.41) is 6.27. The molecule has 158 valence electrons. The fraction of sp³-hybridized carbons (Fsp3) is 0.364. The number of hydrogen-bond acceptors (Lipinski definition) is 5. The average molecular weight is 427 g/mol. The summed E-state index contributed by atoms with van der Waals surface area (Å²) in [7, 11) is -3.51. The lowest BCUT2D eigenvalue weighted by atomic mass is 9.97. The molecule has 2 heterocycles. The van der Waals surface area contributed by atoms with E-state index in [0.29, 0.717) is 30.8 Å². The molecular formula is C22H26N4O3S. The summed E-state index contributed by atoms with van der Waals surface area (Å²) in [6, 6.07) is 16.1. The fourth-order valence-electron chi connectivity index (χ4n) is 3.81. The van der Waals surface area contributed by atoms with Crippen LogP contribution in [0.4, 0.5) is 5.69 Å². The predicted molar refractivity (Wildman–Crippen MR) is 117 cm³/mol. The van der Waals surface area contributed by atoms with Gasteiger partial charge in [-0.2, -0.15) is 4.31 Å². The molecule has 1 fully saturated rings. The number of aliphatic imine (C=N–C) groups is 1. The number of amidine groups is 1. The molecule has 2 aliphatic rings. The minimum Gasteiger partial charge on any atom is -0.370 e. The topological polar surface area (TPSA) is 90.9 Å². The lowest BCUT2D eigenvalue weighted by molar-refractivity contribution is -0.120. The molecule has 0 spiro atoms. The molecule has 0 unspecified atom stereocenters. The molecule has 2 N–H and O–H groups in total. The van der Waals surface area contributed by atoms with Gasteiger partial charge in [0, 0.05) is 43.3 Å². The third kappa shape index (κ3) is 4.55. The Morgan fingerprint density at radius 1 is 1.07 bits per heavy atom. The molecule has 1 amide bonds. The fourth-order valence-corrected chi connectivity index (χ4v) is 5.31. The smallest absolute Gasteiger partial charge is 0.243 e. The number of amides is 1. The van der Waals surface area contributed by atoms with Gasteiger partial charge in [-0.3, -0.25) is 9.79 Å². The standard InChI is InChI=1S/C22H26N4O3S/c27-22(25-19-7-4-6-18(16-19)21-23-12-5-13-24-21)17-10-14-26(15-11-17)30(28,29)20-8-2-1-3-9-20/h1-4,6-9,16-17H,5,10-15H2,(H,23,24)(H,25,27). The van der Waals surface area contributed by atoms with Crippen LogP contribution in [0.5, 0.6) is 0 Å². The van der Waals surface area contributed by atoms with Crippen molar-refractivity contribution in [3.05, 3.63) is 60.2 Å². The molecule has 2 aromatic rings. The highest BCUT2D eigenvalue weighted by atomic mass is 32.2. The maximum atomic E-state index is 12.8. The second-order valence-corrected chi connectivity index (χ2v) is 9.51. The van der Waals surface area contributed by atoms with E-state index in [1.165, 1.54) is 4.31 Å². The van der Waals surface area contributed by atoms with Crippen LogP contribution in [0, 0.1) is 5.92 Å². The Labute approximate surface area is 177 Å². The van der Waals surface area contributed by atoms with Gasteiger partial charge in [0.05, 0.1) is 4.90 Å². The van der Waals surface area contributed by atoms with Gasteiger partial charge in [0.2, 0.25) is 15.9 Å². The number of carbonyl (C=O) groups excluding carboxylic acids is 1. The summed E-state index contributed by atoms with van der Waals surface area (Å²) in [5.41, 5.74) is 1.68. The normalized spacial score (nSPS) is 18.3. The highest BCUT2D eigenvalue weighted by molar-refractivity contribution is 7.89. The first-order chi connectivity index (χ1) is 14.5. The van der Waals surface area contributed by atoms with Crippen molar-refractivity contribution in [2.75, 3.05) is 31.5 Å². The van der Waals surface area contributed by atoms with Crippen molar-refractivity contribution in [2.45, 2.75) is 24.2 Å². The van der Waals surface area contributed by atoms with E-state index < -0.39 is 10.0 Å². The van der Waals surface area contributed by atoms with Gasteiger partial charge in [-0.15, -0.1) is 0 Å². The van der Waals surface area contributed by atoms with E-state index in [4.69, 9.17) is 0 Å². The van der Waals surface area contributed by atoms with Gasteiger partial charge in [-0.1, -0.05) is 30.3 Å². The first kappa shape index (κ1) is 20.6. The number of piperidine rings is 1. The van der Waals surface area contributed by atoms with Crippen LogP contribution in [0.2, 0.25) is 0 Å². The molecule has 0 saturated carbocycles. The lowest BCUT2D eigenvalue weighted by Crippen LogP contribution is -2.41. The third-order valence-electron chi connectivity index (χ3n) is 5.51. The molecule has 30 heavy (non-hydrogen) atoms. The molecule has 0 aliphatic carbocycles. The summed E-state index contributed by atoms with van der Waals surface area (Å²) >= 11 is 0. The van der Waals surface area contributed by atoms with Crippen LogP contribution < -0.4 is 10.6 Å². The van der Waals surface area contributed by atoms with E-state index in [0.717, 1.165) is 36.6 Å². The number of sulfonamides is 1. The van der Waals surface area contributed by atoms with Crippen LogP contribution in [-0.2, 0) is 14.8 Å². The second-order valence-electron chi connectivity index (χ2n) is 7.57. The quantitative estimate of drug-likeness (QED) is 0.768. The molecule has 0 atom stereocenters. The Balaban J connectivity index is 1.37. The average Bonchev–Trinajstić information content (AvgIpc) is 2.80. The molecule has 8 heteroatoms. The zero-order valence-corrected chi connectivity index (χ0v) is 17.6. The summed E-state index contributed by atoms with van der Waals surface area (Å²) in [4.78, 5) is 17.5. The molecule has 0 aromatic heterocycles. The molecule has 2 aliphatic heterocycles. The van der Waals surface area contributed by atoms with Crippen LogP contribution in [-0.4, -0.2) is 50.6 Å². The van der Waals surface area contributed by atoms with Crippen molar-refractivity contribution in [3.8, 4) is 0 Å². The van der Waals surface area contributed by atoms with E-state index in [2.05, 4.69) is 15.6 Å². The van der Waals surface area contributed by atoms with Crippen LogP contribution in [0.25, 0.3) is 0 Å². The molecule has 0 radical (unpaired) electrons. The maximum Gasteiger partial charge on any atom is 0.243 e. The molecular weight excluding hydrogens is 400 g/mol. The van der Waals surface area contributed by atoms with Gasteiger partial charge in [0.25, 0.3) is 0 Å². The monoisotopic (exact) mass is 426 g/mol. The van der Waals surface area contributed by atoms with Crippen LogP contribution in [0.3, 0.4) is 0 Å². The molecule has 2 aromatic carbocycles. The number of anilines is 1. The minimum atomic E-state index is -3.51. The van der Waals surface area contributed by atoms with E-state index in [9.17, 15) is 13.2 Å². The highest BCUT2D eigenvalue weighted by Crippen LogP contribution is 2.25. The molecule has 4 rings (SSSR count). The minimum absolute atomic E-state index is 0.0672. The Hall–Kier alpha value is -2.71. The van der Waals surface area contributed by atoms with Crippen molar-refractivity contribution in [1.82, 2.24) is 9.62 Å². The lowest BCUT2D eigenvalue weighted by Gasteiger charge is -2.30. The Morgan fingerprint density at radius 2 is 1.83 bits per heavy atom. The SMILES string of the molecule is O=C(Nc1cccc(C2=NCCCN2)c1)C1CCN(S(=O)(=O)c2ccccc2)CC1. The van der Waals surface area contributed by atoms with Gasteiger partial charge in [-0.05, 0) is 43.5 Å². The first-order valence-electron chi connectivity index (χ1n) is 10.3. The van der Waals surface area contributed by atoms with Crippen LogP contribution >= 0.6 is 0 Å². The summed E-state index contributed by atoms with van der Waals surface area (Å²) in [6.07, 6.45) is 2.04. The third-order valence-corrected chi connectivity index (χ3v) is 7.42. The van der Waals surface area contributed by atoms with E-state index in [-0.39, 0.29) is 11.8 Å². The van der Waals surface area contributed by atoms with E-state index in [1.807, 2.05) is 24.3 Å². The van der Waals surface area contributed by atoms with E-state index in [1.54, 1.807) is 30.3 Å². The number of benzene rings is 2. The number of nitrogens with one attached hydrogen (secondary N) is 2.